The van der Waals surface area contributed by atoms with Crippen molar-refractivity contribution < 1.29 is 23.5 Å². The fraction of sp³-hybridized carbons (Fsp3) is 0.111. The Labute approximate surface area is 157 Å². The Hall–Kier alpha value is -3.39. The number of benzene rings is 1. The molecule has 0 fully saturated rings. The molecule has 3 rings (SSSR count). The van der Waals surface area contributed by atoms with Crippen LogP contribution in [-0.2, 0) is 14.3 Å². The number of hydrogen-bond acceptors (Lipinski definition) is 7. The minimum Gasteiger partial charge on any atom is -0.482 e. The highest BCUT2D eigenvalue weighted by molar-refractivity contribution is 6.32. The van der Waals surface area contributed by atoms with Crippen molar-refractivity contribution in [1.29, 1.82) is 0 Å². The summed E-state index contributed by atoms with van der Waals surface area (Å²) >= 11 is 5.82. The standard InChI is InChI=1S/C18H13ClN2O6/c19-18-13(2-1-7-20-18)21-15(22)9-26-17(24)10-25-12-5-3-11-4-6-16(23)27-14(11)8-12/h1-8H,9-10H2,(H,21,22). The average Bonchev–Trinajstić information content (AvgIpc) is 2.66. The lowest BCUT2D eigenvalue weighted by atomic mass is 10.2. The lowest BCUT2D eigenvalue weighted by Gasteiger charge is -2.08. The summed E-state index contributed by atoms with van der Waals surface area (Å²) in [5.41, 5.74) is 0.161. The van der Waals surface area contributed by atoms with E-state index in [0.29, 0.717) is 17.0 Å². The van der Waals surface area contributed by atoms with E-state index in [1.54, 1.807) is 30.3 Å². The minimum absolute atomic E-state index is 0.128. The number of halogens is 1. The molecule has 0 aliphatic carbocycles. The smallest absolute Gasteiger partial charge is 0.344 e. The van der Waals surface area contributed by atoms with E-state index < -0.39 is 30.7 Å². The zero-order valence-electron chi connectivity index (χ0n) is 13.8. The van der Waals surface area contributed by atoms with Crippen LogP contribution >= 0.6 is 11.6 Å². The second-order valence-electron chi connectivity index (χ2n) is 5.29. The number of carbonyl (C=O) groups excluding carboxylic acids is 2. The van der Waals surface area contributed by atoms with E-state index >= 15 is 0 Å². The maximum absolute atomic E-state index is 11.8. The van der Waals surface area contributed by atoms with Crippen LogP contribution in [0, 0.1) is 0 Å². The summed E-state index contributed by atoms with van der Waals surface area (Å²) in [6.45, 7) is -0.913. The van der Waals surface area contributed by atoms with Gasteiger partial charge < -0.3 is 19.2 Å². The third-order valence-corrected chi connectivity index (χ3v) is 3.65. The number of pyridine rings is 1. The molecule has 0 spiro atoms. The first-order valence-corrected chi connectivity index (χ1v) is 8.12. The van der Waals surface area contributed by atoms with E-state index in [-0.39, 0.29) is 5.15 Å². The topological polar surface area (TPSA) is 108 Å². The predicted octanol–water partition coefficient (Wildman–Crippen LogP) is 2.40. The summed E-state index contributed by atoms with van der Waals surface area (Å²) in [6.07, 6.45) is 1.48. The molecule has 0 bridgehead atoms. The fourth-order valence-electron chi connectivity index (χ4n) is 2.13. The number of fused-ring (bicyclic) bond motifs is 1. The number of carbonyl (C=O) groups is 2. The molecule has 0 aliphatic heterocycles. The molecule has 0 unspecified atom stereocenters. The summed E-state index contributed by atoms with van der Waals surface area (Å²) in [4.78, 5) is 38.5. The van der Waals surface area contributed by atoms with Crippen LogP contribution in [0.5, 0.6) is 5.75 Å². The van der Waals surface area contributed by atoms with Gasteiger partial charge in [0.25, 0.3) is 5.91 Å². The predicted molar refractivity (Wildman–Crippen MR) is 96.8 cm³/mol. The van der Waals surface area contributed by atoms with Gasteiger partial charge in [-0.25, -0.2) is 14.6 Å². The van der Waals surface area contributed by atoms with Crippen LogP contribution < -0.4 is 15.7 Å². The number of ether oxygens (including phenoxy) is 2. The first-order chi connectivity index (χ1) is 13.0. The zero-order chi connectivity index (χ0) is 19.2. The van der Waals surface area contributed by atoms with Crippen molar-refractivity contribution in [3.63, 3.8) is 0 Å². The van der Waals surface area contributed by atoms with Gasteiger partial charge in [-0.15, -0.1) is 0 Å². The summed E-state index contributed by atoms with van der Waals surface area (Å²) in [5.74, 6) is -0.983. The van der Waals surface area contributed by atoms with Gasteiger partial charge in [-0.3, -0.25) is 4.79 Å². The first kappa shape index (κ1) is 18.4. The highest BCUT2D eigenvalue weighted by Crippen LogP contribution is 2.19. The van der Waals surface area contributed by atoms with Crippen LogP contribution in [0.3, 0.4) is 0 Å². The third-order valence-electron chi connectivity index (χ3n) is 3.35. The van der Waals surface area contributed by atoms with Gasteiger partial charge in [-0.2, -0.15) is 0 Å². The molecule has 0 atom stereocenters. The minimum atomic E-state index is -0.739. The van der Waals surface area contributed by atoms with E-state index in [9.17, 15) is 14.4 Å². The normalized spacial score (nSPS) is 10.4. The van der Waals surface area contributed by atoms with E-state index in [0.717, 1.165) is 5.39 Å². The summed E-state index contributed by atoms with van der Waals surface area (Å²) in [5, 5.41) is 3.32. The van der Waals surface area contributed by atoms with E-state index in [1.807, 2.05) is 0 Å². The Morgan fingerprint density at radius 1 is 1.15 bits per heavy atom. The number of aromatic nitrogens is 1. The first-order valence-electron chi connectivity index (χ1n) is 7.74. The Bertz CT molecular complexity index is 1050. The van der Waals surface area contributed by atoms with Crippen LogP contribution in [0.15, 0.2) is 57.9 Å². The molecule has 3 aromatic rings. The molecule has 0 saturated heterocycles. The molecule has 1 N–H and O–H groups in total. The van der Waals surface area contributed by atoms with Gasteiger partial charge in [0.05, 0.1) is 5.69 Å². The van der Waals surface area contributed by atoms with E-state index in [1.165, 1.54) is 18.3 Å². The van der Waals surface area contributed by atoms with Gasteiger partial charge in [0, 0.05) is 23.7 Å². The van der Waals surface area contributed by atoms with Crippen molar-refractivity contribution in [3.05, 3.63) is 64.2 Å². The number of nitrogens with zero attached hydrogens (tertiary/aromatic N) is 1. The van der Waals surface area contributed by atoms with Crippen molar-refractivity contribution >= 4 is 40.1 Å². The van der Waals surface area contributed by atoms with Gasteiger partial charge in [0.2, 0.25) is 0 Å². The number of anilines is 1. The molecule has 2 heterocycles. The van der Waals surface area contributed by atoms with Gasteiger partial charge >= 0.3 is 11.6 Å². The molecular formula is C18H13ClN2O6. The maximum atomic E-state index is 11.8. The van der Waals surface area contributed by atoms with Crippen molar-refractivity contribution in [3.8, 4) is 5.75 Å². The molecule has 138 valence electrons. The van der Waals surface area contributed by atoms with Crippen molar-refractivity contribution in [1.82, 2.24) is 4.98 Å². The molecule has 0 aliphatic rings. The summed E-state index contributed by atoms with van der Waals surface area (Å²) in [7, 11) is 0. The van der Waals surface area contributed by atoms with E-state index in [2.05, 4.69) is 10.3 Å². The Balaban J connectivity index is 1.49. The molecule has 1 amide bonds. The lowest BCUT2D eigenvalue weighted by molar-refractivity contribution is -0.149. The molecule has 27 heavy (non-hydrogen) atoms. The zero-order valence-corrected chi connectivity index (χ0v) is 14.6. The molecule has 8 nitrogen and oxygen atoms in total. The van der Waals surface area contributed by atoms with Gasteiger partial charge in [-0.05, 0) is 30.3 Å². The molecule has 0 saturated carbocycles. The quantitative estimate of drug-likeness (QED) is 0.392. The van der Waals surface area contributed by atoms with Crippen LogP contribution in [0.1, 0.15) is 0 Å². The second-order valence-corrected chi connectivity index (χ2v) is 5.65. The van der Waals surface area contributed by atoms with Crippen molar-refractivity contribution in [2.45, 2.75) is 0 Å². The summed E-state index contributed by atoms with van der Waals surface area (Å²) in [6, 6.07) is 10.9. The van der Waals surface area contributed by atoms with Crippen molar-refractivity contribution in [2.24, 2.45) is 0 Å². The summed E-state index contributed by atoms with van der Waals surface area (Å²) < 4.78 is 15.2. The molecule has 1 aromatic carbocycles. The highest BCUT2D eigenvalue weighted by atomic mass is 35.5. The largest absolute Gasteiger partial charge is 0.482 e. The number of hydrogen-bond donors (Lipinski definition) is 1. The lowest BCUT2D eigenvalue weighted by Crippen LogP contribution is -2.23. The number of nitrogens with one attached hydrogen (secondary N) is 1. The third kappa shape index (κ3) is 5.05. The van der Waals surface area contributed by atoms with Crippen LogP contribution in [-0.4, -0.2) is 30.1 Å². The van der Waals surface area contributed by atoms with Crippen molar-refractivity contribution in [2.75, 3.05) is 18.5 Å². The second kappa shape index (κ2) is 8.33. The molecule has 2 aromatic heterocycles. The average molecular weight is 389 g/mol. The van der Waals surface area contributed by atoms with E-state index in [4.69, 9.17) is 25.5 Å². The number of rotatable bonds is 6. The monoisotopic (exact) mass is 388 g/mol. The van der Waals surface area contributed by atoms with Gasteiger partial charge in [-0.1, -0.05) is 11.6 Å². The fourth-order valence-corrected chi connectivity index (χ4v) is 2.29. The number of esters is 1. The van der Waals surface area contributed by atoms with Crippen LogP contribution in [0.4, 0.5) is 5.69 Å². The molecule has 0 radical (unpaired) electrons. The molecular weight excluding hydrogens is 376 g/mol. The Kier molecular flexibility index (Phi) is 5.68. The highest BCUT2D eigenvalue weighted by Gasteiger charge is 2.11. The maximum Gasteiger partial charge on any atom is 0.344 e. The Morgan fingerprint density at radius 3 is 2.78 bits per heavy atom. The van der Waals surface area contributed by atoms with Gasteiger partial charge in [0.15, 0.2) is 18.4 Å². The number of amides is 1. The Morgan fingerprint density at radius 2 is 1.96 bits per heavy atom. The van der Waals surface area contributed by atoms with Gasteiger partial charge in [0.1, 0.15) is 11.3 Å². The molecule has 9 heteroatoms. The SMILES string of the molecule is O=C(COC(=O)COc1ccc2ccc(=O)oc2c1)Nc1cccnc1Cl. The van der Waals surface area contributed by atoms with Crippen LogP contribution in [0.2, 0.25) is 5.15 Å². The van der Waals surface area contributed by atoms with Crippen LogP contribution in [0.25, 0.3) is 11.0 Å².